The molecule has 4 rings (SSSR count). The molecule has 182 valence electrons. The van der Waals surface area contributed by atoms with Crippen LogP contribution in [0, 0.1) is 28.1 Å². The van der Waals surface area contributed by atoms with Crippen molar-refractivity contribution < 1.29 is 9.84 Å². The summed E-state index contributed by atoms with van der Waals surface area (Å²) in [5.41, 5.74) is 6.01. The molecular formula is C30H50O2. The Balaban J connectivity index is 1.40. The number of epoxide rings is 1. The number of allylic oxidation sites excluding steroid dienone is 4. The summed E-state index contributed by atoms with van der Waals surface area (Å²) in [5, 5.41) is 10.7. The molecule has 1 saturated heterocycles. The number of fused-ring (bicyclic) bond motifs is 2. The first-order valence-corrected chi connectivity index (χ1v) is 13.6. The number of rotatable bonds is 7. The Bertz CT molecular complexity index is 787. The van der Waals surface area contributed by atoms with Gasteiger partial charge in [-0.2, -0.15) is 0 Å². The third kappa shape index (κ3) is 4.06. The SMILES string of the molecule is C/C(=C\CC[C@@H](C)[C@]1(C)CCC2=C1CC[C@H]1C(C)(C)[C@@H](O)CC[C@]21C)CC[C@@H]1OC1(C)C. The normalized spacial score (nSPS) is 41.3. The molecule has 0 spiro atoms. The van der Waals surface area contributed by atoms with Gasteiger partial charge in [0.15, 0.2) is 0 Å². The van der Waals surface area contributed by atoms with E-state index in [0.29, 0.717) is 22.9 Å². The van der Waals surface area contributed by atoms with Gasteiger partial charge < -0.3 is 9.84 Å². The molecule has 0 aromatic rings. The fraction of sp³-hybridized carbons (Fsp3) is 0.867. The molecule has 4 aliphatic rings. The first-order valence-electron chi connectivity index (χ1n) is 13.6. The number of aliphatic hydroxyl groups is 1. The Morgan fingerprint density at radius 3 is 2.41 bits per heavy atom. The van der Waals surface area contributed by atoms with Crippen molar-refractivity contribution in [1.29, 1.82) is 0 Å². The molecule has 1 aliphatic heterocycles. The molecule has 1 saturated carbocycles. The van der Waals surface area contributed by atoms with Crippen molar-refractivity contribution in [3.8, 4) is 0 Å². The van der Waals surface area contributed by atoms with Crippen molar-refractivity contribution in [2.24, 2.45) is 28.1 Å². The Morgan fingerprint density at radius 2 is 1.75 bits per heavy atom. The van der Waals surface area contributed by atoms with E-state index in [-0.39, 0.29) is 17.1 Å². The largest absolute Gasteiger partial charge is 0.393 e. The monoisotopic (exact) mass is 442 g/mol. The van der Waals surface area contributed by atoms with Crippen molar-refractivity contribution in [1.82, 2.24) is 0 Å². The number of ether oxygens (including phenoxy) is 1. The lowest BCUT2D eigenvalue weighted by Gasteiger charge is -2.57. The second-order valence-corrected chi connectivity index (χ2v) is 13.5. The molecular weight excluding hydrogens is 392 g/mol. The van der Waals surface area contributed by atoms with Crippen LogP contribution < -0.4 is 0 Å². The van der Waals surface area contributed by atoms with E-state index < -0.39 is 0 Å². The van der Waals surface area contributed by atoms with Crippen LogP contribution in [-0.4, -0.2) is 22.9 Å². The number of hydrogen-bond acceptors (Lipinski definition) is 2. The van der Waals surface area contributed by atoms with E-state index in [1.54, 1.807) is 0 Å². The average Bonchev–Trinajstić information content (AvgIpc) is 3.17. The highest BCUT2D eigenvalue weighted by molar-refractivity contribution is 5.37. The molecule has 0 unspecified atom stereocenters. The highest BCUT2D eigenvalue weighted by atomic mass is 16.6. The number of hydrogen-bond donors (Lipinski definition) is 1. The second kappa shape index (κ2) is 8.26. The highest BCUT2D eigenvalue weighted by Crippen LogP contribution is 2.66. The maximum atomic E-state index is 10.7. The van der Waals surface area contributed by atoms with Crippen LogP contribution in [0.5, 0.6) is 0 Å². The first-order chi connectivity index (χ1) is 14.8. The summed E-state index contributed by atoms with van der Waals surface area (Å²) in [4.78, 5) is 0. The summed E-state index contributed by atoms with van der Waals surface area (Å²) in [6.45, 7) is 19.0. The van der Waals surface area contributed by atoms with Gasteiger partial charge in [-0.15, -0.1) is 0 Å². The van der Waals surface area contributed by atoms with Crippen molar-refractivity contribution in [3.63, 3.8) is 0 Å². The minimum atomic E-state index is -0.137. The van der Waals surface area contributed by atoms with E-state index in [1.807, 2.05) is 11.1 Å². The van der Waals surface area contributed by atoms with Gasteiger partial charge in [0.05, 0.1) is 17.8 Å². The maximum absolute atomic E-state index is 10.7. The lowest BCUT2D eigenvalue weighted by molar-refractivity contribution is -0.0890. The van der Waals surface area contributed by atoms with Gasteiger partial charge >= 0.3 is 0 Å². The van der Waals surface area contributed by atoms with E-state index in [2.05, 4.69) is 61.5 Å². The van der Waals surface area contributed by atoms with E-state index >= 15 is 0 Å². The molecule has 2 nitrogen and oxygen atoms in total. The zero-order chi connectivity index (χ0) is 23.5. The summed E-state index contributed by atoms with van der Waals surface area (Å²) in [5.74, 6) is 1.35. The van der Waals surface area contributed by atoms with E-state index in [9.17, 15) is 5.11 Å². The minimum absolute atomic E-state index is 0.0409. The third-order valence-electron chi connectivity index (χ3n) is 10.9. The van der Waals surface area contributed by atoms with Gasteiger partial charge in [0, 0.05) is 0 Å². The summed E-state index contributed by atoms with van der Waals surface area (Å²) in [7, 11) is 0. The van der Waals surface area contributed by atoms with E-state index in [4.69, 9.17) is 4.74 Å². The van der Waals surface area contributed by atoms with Gasteiger partial charge in [-0.3, -0.25) is 0 Å². The standard InChI is InChI=1S/C30H50O2/c1-20(12-15-26-28(5,6)32-26)10-9-11-21(2)29(7)18-16-23-22(29)13-14-24-27(3,4)25(31)17-19-30(23,24)8/h10,21,24-26,31H,9,11-19H2,1-8H3/b20-10+/t21-,24+,25+,26+,29+,30-/m1/s1. The van der Waals surface area contributed by atoms with Crippen LogP contribution in [0.3, 0.4) is 0 Å². The Kier molecular flexibility index (Phi) is 6.33. The Labute approximate surface area is 198 Å². The summed E-state index contributed by atoms with van der Waals surface area (Å²) in [6, 6.07) is 0. The third-order valence-corrected chi connectivity index (χ3v) is 10.9. The Hall–Kier alpha value is -0.600. The Morgan fingerprint density at radius 1 is 1.06 bits per heavy atom. The van der Waals surface area contributed by atoms with Crippen LogP contribution in [0.15, 0.2) is 22.8 Å². The lowest BCUT2D eigenvalue weighted by Crippen LogP contribution is -2.52. The summed E-state index contributed by atoms with van der Waals surface area (Å²) in [6.07, 6.45) is 15.0. The number of aliphatic hydroxyl groups excluding tert-OH is 1. The maximum Gasteiger partial charge on any atom is 0.0892 e. The first kappa shape index (κ1) is 24.5. The van der Waals surface area contributed by atoms with Gasteiger partial charge in [0.25, 0.3) is 0 Å². The fourth-order valence-corrected chi connectivity index (χ4v) is 8.12. The van der Waals surface area contributed by atoms with Crippen molar-refractivity contribution in [2.75, 3.05) is 0 Å². The zero-order valence-corrected chi connectivity index (χ0v) is 22.3. The van der Waals surface area contributed by atoms with Crippen molar-refractivity contribution >= 4 is 0 Å². The molecule has 0 bridgehead atoms. The smallest absolute Gasteiger partial charge is 0.0892 e. The quantitative estimate of drug-likeness (QED) is 0.320. The van der Waals surface area contributed by atoms with Crippen LogP contribution >= 0.6 is 0 Å². The summed E-state index contributed by atoms with van der Waals surface area (Å²) < 4.78 is 5.75. The van der Waals surface area contributed by atoms with E-state index in [1.165, 1.54) is 63.4 Å². The molecule has 2 heteroatoms. The van der Waals surface area contributed by atoms with Crippen LogP contribution in [0.4, 0.5) is 0 Å². The molecule has 0 aromatic heterocycles. The summed E-state index contributed by atoms with van der Waals surface area (Å²) >= 11 is 0. The molecule has 32 heavy (non-hydrogen) atoms. The van der Waals surface area contributed by atoms with Gasteiger partial charge in [0.1, 0.15) is 0 Å². The van der Waals surface area contributed by atoms with Gasteiger partial charge in [-0.25, -0.2) is 0 Å². The van der Waals surface area contributed by atoms with Crippen LogP contribution in [0.2, 0.25) is 0 Å². The second-order valence-electron chi connectivity index (χ2n) is 13.5. The minimum Gasteiger partial charge on any atom is -0.393 e. The molecule has 2 fully saturated rings. The van der Waals surface area contributed by atoms with Crippen LogP contribution in [-0.2, 0) is 4.74 Å². The average molecular weight is 443 g/mol. The zero-order valence-electron chi connectivity index (χ0n) is 22.3. The van der Waals surface area contributed by atoms with Gasteiger partial charge in [-0.05, 0) is 113 Å². The predicted molar refractivity (Wildman–Crippen MR) is 135 cm³/mol. The van der Waals surface area contributed by atoms with Crippen LogP contribution in [0.1, 0.15) is 120 Å². The van der Waals surface area contributed by atoms with Gasteiger partial charge in [0.2, 0.25) is 0 Å². The fourth-order valence-electron chi connectivity index (χ4n) is 8.12. The topological polar surface area (TPSA) is 32.8 Å². The molecule has 1 heterocycles. The van der Waals surface area contributed by atoms with Crippen molar-refractivity contribution in [3.05, 3.63) is 22.8 Å². The molecule has 0 radical (unpaired) electrons. The molecule has 1 N–H and O–H groups in total. The van der Waals surface area contributed by atoms with E-state index in [0.717, 1.165) is 12.3 Å². The highest BCUT2D eigenvalue weighted by Gasteiger charge is 2.57. The molecule has 0 amide bonds. The molecule has 0 aromatic carbocycles. The lowest BCUT2D eigenvalue weighted by atomic mass is 9.49. The molecule has 3 aliphatic carbocycles. The molecule has 6 atom stereocenters. The van der Waals surface area contributed by atoms with Crippen molar-refractivity contribution in [2.45, 2.75) is 137 Å². The van der Waals surface area contributed by atoms with Gasteiger partial charge in [-0.1, -0.05) is 57.4 Å². The van der Waals surface area contributed by atoms with Crippen LogP contribution in [0.25, 0.3) is 0 Å². The predicted octanol–water partition coefficient (Wildman–Crippen LogP) is 8.00.